The number of carbonyl (C=O) groups is 1. The lowest BCUT2D eigenvalue weighted by Gasteiger charge is -2.14. The highest BCUT2D eigenvalue weighted by Crippen LogP contribution is 2.38. The van der Waals surface area contributed by atoms with E-state index >= 15 is 0 Å². The van der Waals surface area contributed by atoms with Gasteiger partial charge in [-0.3, -0.25) is 9.52 Å². The zero-order valence-electron chi connectivity index (χ0n) is 13.0. The molecule has 0 fully saturated rings. The second kappa shape index (κ2) is 7.56. The van der Waals surface area contributed by atoms with Crippen LogP contribution in [0.4, 0.5) is 27.6 Å². The summed E-state index contributed by atoms with van der Waals surface area (Å²) in [6.45, 7) is 0.986. The second-order valence-corrected chi connectivity index (χ2v) is 7.88. The summed E-state index contributed by atoms with van der Waals surface area (Å²) in [6.07, 6.45) is -2.89. The fourth-order valence-electron chi connectivity index (χ4n) is 1.74. The quantitative estimate of drug-likeness (QED) is 0.495. The minimum atomic E-state index is -5.74. The van der Waals surface area contributed by atoms with Crippen LogP contribution in [-0.2, 0) is 10.0 Å². The van der Waals surface area contributed by atoms with Crippen LogP contribution in [0.1, 0.15) is 28.6 Å². The number of sulfonamides is 1. The molecule has 1 aromatic carbocycles. The normalized spacial score (nSPS) is 12.3. The third-order valence-electron chi connectivity index (χ3n) is 2.91. The Hall–Kier alpha value is -1.99. The number of alkyl halides is 5. The van der Waals surface area contributed by atoms with Crippen LogP contribution in [0.25, 0.3) is 0 Å². The van der Waals surface area contributed by atoms with Crippen molar-refractivity contribution in [1.82, 2.24) is 4.98 Å². The van der Waals surface area contributed by atoms with Crippen molar-refractivity contribution in [3.8, 4) is 10.9 Å². The Bertz CT molecular complexity index is 976. The molecule has 0 amide bonds. The van der Waals surface area contributed by atoms with Gasteiger partial charge in [0.05, 0.1) is 5.69 Å². The van der Waals surface area contributed by atoms with E-state index in [2.05, 4.69) is 4.98 Å². The molecule has 14 heteroatoms. The second-order valence-electron chi connectivity index (χ2n) is 4.85. The van der Waals surface area contributed by atoms with Gasteiger partial charge in [-0.15, -0.1) is 0 Å². The van der Waals surface area contributed by atoms with E-state index in [0.29, 0.717) is 11.3 Å². The molecule has 0 unspecified atom stereocenters. The molecule has 0 saturated heterocycles. The van der Waals surface area contributed by atoms with Crippen molar-refractivity contribution in [2.24, 2.45) is 0 Å². The van der Waals surface area contributed by atoms with Crippen molar-refractivity contribution in [2.75, 3.05) is 4.72 Å². The van der Waals surface area contributed by atoms with Gasteiger partial charge in [0.15, 0.2) is 10.9 Å². The average Bonchev–Trinajstić information content (AvgIpc) is 2.88. The van der Waals surface area contributed by atoms with Crippen LogP contribution in [0.3, 0.4) is 0 Å². The largest absolute Gasteiger partial charge is 0.516 e. The zero-order chi connectivity index (χ0) is 20.6. The number of anilines is 1. The summed E-state index contributed by atoms with van der Waals surface area (Å²) in [7, 11) is -5.74. The molecule has 0 atom stereocenters. The van der Waals surface area contributed by atoms with Gasteiger partial charge in [0, 0.05) is 5.56 Å². The Balaban J connectivity index is 2.36. The molecule has 2 rings (SSSR count). The monoisotopic (exact) mass is 450 g/mol. The number of rotatable bonds is 6. The molecule has 27 heavy (non-hydrogen) atoms. The number of nitrogens with one attached hydrogen (secondary N) is 1. The molecule has 1 heterocycles. The number of carbonyl (C=O) groups excluding carboxylic acids is 1. The lowest BCUT2D eigenvalue weighted by Crippen LogP contribution is -2.30. The molecule has 6 nitrogen and oxygen atoms in total. The van der Waals surface area contributed by atoms with Gasteiger partial charge >= 0.3 is 15.5 Å². The maximum Gasteiger partial charge on any atom is 0.516 e. The first-order chi connectivity index (χ1) is 12.3. The van der Waals surface area contributed by atoms with Crippen LogP contribution in [0.2, 0.25) is 5.15 Å². The van der Waals surface area contributed by atoms with E-state index in [-0.39, 0.29) is 10.9 Å². The summed E-state index contributed by atoms with van der Waals surface area (Å²) in [5.41, 5.74) is -6.64. The molecule has 0 radical (unpaired) electrons. The Morgan fingerprint density at radius 2 is 1.96 bits per heavy atom. The number of thiazole rings is 1. The fraction of sp³-hybridized carbons (Fsp3) is 0.231. The first-order valence-electron chi connectivity index (χ1n) is 6.68. The highest BCUT2D eigenvalue weighted by Gasteiger charge is 2.46. The molecular formula is C13H8ClF5N2O4S2. The molecule has 0 spiro atoms. The summed E-state index contributed by atoms with van der Waals surface area (Å²) in [4.78, 5) is 14.7. The van der Waals surface area contributed by atoms with Crippen molar-refractivity contribution in [3.63, 3.8) is 0 Å². The van der Waals surface area contributed by atoms with Crippen LogP contribution < -0.4 is 9.46 Å². The Morgan fingerprint density at radius 1 is 1.33 bits per heavy atom. The van der Waals surface area contributed by atoms with Gasteiger partial charge in [-0.2, -0.15) is 26.6 Å². The predicted octanol–water partition coefficient (Wildman–Crippen LogP) is 4.99. The van der Waals surface area contributed by atoms with Gasteiger partial charge in [-0.1, -0.05) is 22.9 Å². The summed E-state index contributed by atoms with van der Waals surface area (Å²) in [5, 5.41) is -0.778. The fourth-order valence-corrected chi connectivity index (χ4v) is 3.33. The zero-order valence-corrected chi connectivity index (χ0v) is 15.4. The average molecular weight is 451 g/mol. The van der Waals surface area contributed by atoms with Gasteiger partial charge < -0.3 is 4.74 Å². The Morgan fingerprint density at radius 3 is 2.44 bits per heavy atom. The molecular weight excluding hydrogens is 443 g/mol. The van der Waals surface area contributed by atoms with Crippen molar-refractivity contribution < 1.29 is 39.9 Å². The predicted molar refractivity (Wildman–Crippen MR) is 87.2 cm³/mol. The molecule has 0 bridgehead atoms. The third kappa shape index (κ3) is 4.84. The van der Waals surface area contributed by atoms with Crippen molar-refractivity contribution >= 4 is 44.4 Å². The minimum absolute atomic E-state index is 0.151. The Kier molecular flexibility index (Phi) is 5.97. The number of ketones is 1. The first kappa shape index (κ1) is 21.3. The number of Topliss-reactive ketones (excluding diaryl/α,β-unsaturated/α-hetero) is 1. The molecule has 0 aliphatic rings. The van der Waals surface area contributed by atoms with Gasteiger partial charge in [-0.25, -0.2) is 8.78 Å². The summed E-state index contributed by atoms with van der Waals surface area (Å²) < 4.78 is 91.7. The van der Waals surface area contributed by atoms with Crippen LogP contribution in [0, 0.1) is 0 Å². The molecule has 0 aliphatic carbocycles. The van der Waals surface area contributed by atoms with Gasteiger partial charge in [0.2, 0.25) is 0 Å². The summed E-state index contributed by atoms with van der Waals surface area (Å²) >= 11 is 5.96. The number of ether oxygens (including phenoxy) is 1. The summed E-state index contributed by atoms with van der Waals surface area (Å²) in [6, 6.07) is 2.82. The number of hydrogen-bond donors (Lipinski definition) is 1. The van der Waals surface area contributed by atoms with E-state index in [9.17, 15) is 35.2 Å². The van der Waals surface area contributed by atoms with Crippen molar-refractivity contribution in [2.45, 2.75) is 18.9 Å². The van der Waals surface area contributed by atoms with E-state index in [1.54, 1.807) is 0 Å². The molecule has 2 aromatic rings. The SMILES string of the molecule is CC(=O)c1cc(Oc2nc(Cl)c(C(F)F)s2)ccc1NS(=O)(=O)C(F)(F)F. The molecule has 148 valence electrons. The van der Waals surface area contributed by atoms with Gasteiger partial charge in [0.25, 0.3) is 11.6 Å². The van der Waals surface area contributed by atoms with E-state index in [1.165, 1.54) is 4.72 Å². The van der Waals surface area contributed by atoms with E-state index in [4.69, 9.17) is 16.3 Å². The molecule has 1 N–H and O–H groups in total. The van der Waals surface area contributed by atoms with Gasteiger partial charge in [-0.05, 0) is 25.1 Å². The molecule has 1 aromatic heterocycles. The van der Waals surface area contributed by atoms with Crippen LogP contribution in [-0.4, -0.2) is 24.7 Å². The Labute approximate surface area is 158 Å². The minimum Gasteiger partial charge on any atom is -0.431 e. The topological polar surface area (TPSA) is 85.4 Å². The highest BCUT2D eigenvalue weighted by molar-refractivity contribution is 7.93. The van der Waals surface area contributed by atoms with Crippen molar-refractivity contribution in [1.29, 1.82) is 0 Å². The number of benzene rings is 1. The van der Waals surface area contributed by atoms with Crippen LogP contribution in [0.5, 0.6) is 10.9 Å². The van der Waals surface area contributed by atoms with Gasteiger partial charge in [0.1, 0.15) is 10.6 Å². The highest BCUT2D eigenvalue weighted by atomic mass is 35.5. The number of nitrogens with zero attached hydrogens (tertiary/aromatic N) is 1. The first-order valence-corrected chi connectivity index (χ1v) is 9.36. The maximum atomic E-state index is 12.7. The van der Waals surface area contributed by atoms with E-state index < -0.39 is 49.0 Å². The number of halogens is 6. The molecule has 0 saturated carbocycles. The lowest BCUT2D eigenvalue weighted by atomic mass is 10.1. The van der Waals surface area contributed by atoms with E-state index in [1.807, 2.05) is 0 Å². The van der Waals surface area contributed by atoms with Crippen LogP contribution >= 0.6 is 22.9 Å². The third-order valence-corrected chi connectivity index (χ3v) is 5.35. The summed E-state index contributed by atoms with van der Waals surface area (Å²) in [5.74, 6) is -0.924. The molecule has 0 aliphatic heterocycles. The standard InChI is InChI=1S/C13H8ClF5N2O4S2/c1-5(22)7-4-6(25-12-20-10(14)9(26-12)11(15)16)2-3-8(7)21-27(23,24)13(17,18)19/h2-4,11,21H,1H3. The smallest absolute Gasteiger partial charge is 0.431 e. The number of hydrogen-bond acceptors (Lipinski definition) is 6. The van der Waals surface area contributed by atoms with Crippen molar-refractivity contribution in [3.05, 3.63) is 33.8 Å². The number of aromatic nitrogens is 1. The lowest BCUT2D eigenvalue weighted by molar-refractivity contribution is -0.0429. The van der Waals surface area contributed by atoms with Crippen LogP contribution in [0.15, 0.2) is 18.2 Å². The maximum absolute atomic E-state index is 12.7. The van der Waals surface area contributed by atoms with E-state index in [0.717, 1.165) is 25.1 Å².